The van der Waals surface area contributed by atoms with Crippen LogP contribution in [0.5, 0.6) is 0 Å². The maximum absolute atomic E-state index is 13.2. The molecule has 1 aromatic rings. The van der Waals surface area contributed by atoms with Crippen molar-refractivity contribution in [1.82, 2.24) is 5.32 Å². The topological polar surface area (TPSA) is 29.1 Å². The molecule has 1 saturated carbocycles. The lowest BCUT2D eigenvalue weighted by molar-refractivity contribution is 0.0913. The standard InChI is InChI=1S/C11H12FNO/c12-10-7-2-1-6-9(10)11(14)13-8-4-3-5-8/h1-2,6-8H,3-5H2,(H,13,14). The summed E-state index contributed by atoms with van der Waals surface area (Å²) >= 11 is 0. The zero-order valence-corrected chi connectivity index (χ0v) is 7.79. The lowest BCUT2D eigenvalue weighted by Gasteiger charge is -2.26. The highest BCUT2D eigenvalue weighted by Gasteiger charge is 2.21. The number of hydrogen-bond donors (Lipinski definition) is 1. The van der Waals surface area contributed by atoms with Crippen LogP contribution < -0.4 is 5.32 Å². The van der Waals surface area contributed by atoms with Crippen molar-refractivity contribution in [3.63, 3.8) is 0 Å². The van der Waals surface area contributed by atoms with E-state index in [1.54, 1.807) is 12.1 Å². The Morgan fingerprint density at radius 2 is 2.07 bits per heavy atom. The highest BCUT2D eigenvalue weighted by Crippen LogP contribution is 2.18. The van der Waals surface area contributed by atoms with Crippen molar-refractivity contribution < 1.29 is 9.18 Å². The number of nitrogens with one attached hydrogen (secondary N) is 1. The van der Waals surface area contributed by atoms with Crippen LogP contribution in [0.1, 0.15) is 29.6 Å². The van der Waals surface area contributed by atoms with Gasteiger partial charge < -0.3 is 5.32 Å². The van der Waals surface area contributed by atoms with E-state index in [2.05, 4.69) is 5.32 Å². The normalized spacial score (nSPS) is 16.1. The molecule has 1 aromatic carbocycles. The summed E-state index contributed by atoms with van der Waals surface area (Å²) < 4.78 is 13.2. The fourth-order valence-electron chi connectivity index (χ4n) is 1.46. The van der Waals surface area contributed by atoms with Crippen LogP contribution in [0.25, 0.3) is 0 Å². The molecular weight excluding hydrogens is 181 g/mol. The second-order valence-corrected chi connectivity index (χ2v) is 3.58. The predicted molar refractivity (Wildman–Crippen MR) is 51.5 cm³/mol. The van der Waals surface area contributed by atoms with Crippen LogP contribution in [0.4, 0.5) is 4.39 Å². The summed E-state index contributed by atoms with van der Waals surface area (Å²) in [5.41, 5.74) is 0.138. The molecule has 0 radical (unpaired) electrons. The first kappa shape index (κ1) is 9.19. The quantitative estimate of drug-likeness (QED) is 0.765. The van der Waals surface area contributed by atoms with E-state index in [4.69, 9.17) is 0 Å². The Labute approximate surface area is 82.1 Å². The van der Waals surface area contributed by atoms with Crippen molar-refractivity contribution in [3.8, 4) is 0 Å². The molecule has 0 spiro atoms. The monoisotopic (exact) mass is 193 g/mol. The Hall–Kier alpha value is -1.38. The van der Waals surface area contributed by atoms with Gasteiger partial charge in [0.05, 0.1) is 5.56 Å². The molecule has 74 valence electrons. The van der Waals surface area contributed by atoms with Gasteiger partial charge in [0.2, 0.25) is 0 Å². The van der Waals surface area contributed by atoms with Crippen LogP contribution in [0, 0.1) is 5.82 Å². The van der Waals surface area contributed by atoms with Crippen LogP contribution in [-0.2, 0) is 0 Å². The largest absolute Gasteiger partial charge is 0.349 e. The molecule has 1 N–H and O–H groups in total. The molecule has 1 fully saturated rings. The molecular formula is C11H12FNO. The molecule has 1 aliphatic rings. The van der Waals surface area contributed by atoms with Crippen LogP contribution in [-0.4, -0.2) is 11.9 Å². The minimum atomic E-state index is -0.454. The molecule has 0 aliphatic heterocycles. The van der Waals surface area contributed by atoms with Gasteiger partial charge in [-0.25, -0.2) is 4.39 Å². The summed E-state index contributed by atoms with van der Waals surface area (Å²) in [5, 5.41) is 2.79. The number of carbonyl (C=O) groups excluding carboxylic acids is 1. The fraction of sp³-hybridized carbons (Fsp3) is 0.364. The van der Waals surface area contributed by atoms with E-state index in [1.165, 1.54) is 12.1 Å². The summed E-state index contributed by atoms with van der Waals surface area (Å²) in [6.07, 6.45) is 3.18. The first-order chi connectivity index (χ1) is 6.77. The van der Waals surface area contributed by atoms with E-state index in [1.807, 2.05) is 0 Å². The van der Waals surface area contributed by atoms with Gasteiger partial charge >= 0.3 is 0 Å². The zero-order chi connectivity index (χ0) is 9.97. The number of amides is 1. The van der Waals surface area contributed by atoms with Gasteiger partial charge in [-0.2, -0.15) is 0 Å². The third-order valence-corrected chi connectivity index (χ3v) is 2.56. The van der Waals surface area contributed by atoms with E-state index in [9.17, 15) is 9.18 Å². The maximum atomic E-state index is 13.2. The van der Waals surface area contributed by atoms with Gasteiger partial charge in [-0.15, -0.1) is 0 Å². The van der Waals surface area contributed by atoms with Gasteiger partial charge in [0.15, 0.2) is 0 Å². The first-order valence-corrected chi connectivity index (χ1v) is 4.83. The molecule has 0 aromatic heterocycles. The van der Waals surface area contributed by atoms with E-state index < -0.39 is 5.82 Å². The van der Waals surface area contributed by atoms with Crippen molar-refractivity contribution in [3.05, 3.63) is 35.6 Å². The van der Waals surface area contributed by atoms with E-state index in [0.29, 0.717) is 0 Å². The number of rotatable bonds is 2. The summed E-state index contributed by atoms with van der Waals surface area (Å²) in [6.45, 7) is 0. The second-order valence-electron chi connectivity index (χ2n) is 3.58. The van der Waals surface area contributed by atoms with Crippen LogP contribution >= 0.6 is 0 Å². The van der Waals surface area contributed by atoms with Gasteiger partial charge in [-0.05, 0) is 31.4 Å². The maximum Gasteiger partial charge on any atom is 0.254 e. The van der Waals surface area contributed by atoms with Crippen molar-refractivity contribution in [2.24, 2.45) is 0 Å². The fourth-order valence-corrected chi connectivity index (χ4v) is 1.46. The Balaban J connectivity index is 2.06. The summed E-state index contributed by atoms with van der Waals surface area (Å²) in [4.78, 5) is 11.5. The zero-order valence-electron chi connectivity index (χ0n) is 7.79. The van der Waals surface area contributed by atoms with Gasteiger partial charge in [-0.1, -0.05) is 12.1 Å². The highest BCUT2D eigenvalue weighted by atomic mass is 19.1. The molecule has 0 unspecified atom stereocenters. The van der Waals surface area contributed by atoms with Crippen LogP contribution in [0.3, 0.4) is 0 Å². The van der Waals surface area contributed by atoms with Gasteiger partial charge in [0.25, 0.3) is 5.91 Å². The molecule has 1 aliphatic carbocycles. The Bertz CT molecular complexity index is 347. The summed E-state index contributed by atoms with van der Waals surface area (Å²) in [6, 6.07) is 6.30. The molecule has 0 heterocycles. The SMILES string of the molecule is O=C(NC1CCC1)c1ccccc1F. The molecule has 14 heavy (non-hydrogen) atoms. The van der Waals surface area contributed by atoms with Crippen molar-refractivity contribution in [1.29, 1.82) is 0 Å². The van der Waals surface area contributed by atoms with Crippen molar-refractivity contribution in [2.45, 2.75) is 25.3 Å². The van der Waals surface area contributed by atoms with Gasteiger partial charge in [-0.3, -0.25) is 4.79 Å². The van der Waals surface area contributed by atoms with E-state index in [0.717, 1.165) is 19.3 Å². The van der Waals surface area contributed by atoms with Crippen LogP contribution in [0.2, 0.25) is 0 Å². The molecule has 0 bridgehead atoms. The second kappa shape index (κ2) is 3.78. The predicted octanol–water partition coefficient (Wildman–Crippen LogP) is 2.11. The molecule has 3 heteroatoms. The minimum absolute atomic E-state index is 0.138. The third-order valence-electron chi connectivity index (χ3n) is 2.56. The number of hydrogen-bond acceptors (Lipinski definition) is 1. The molecule has 2 rings (SSSR count). The lowest BCUT2D eigenvalue weighted by Crippen LogP contribution is -2.39. The Morgan fingerprint density at radius 1 is 1.36 bits per heavy atom. The van der Waals surface area contributed by atoms with Gasteiger partial charge in [0.1, 0.15) is 5.82 Å². The molecule has 2 nitrogen and oxygen atoms in total. The average molecular weight is 193 g/mol. The van der Waals surface area contributed by atoms with Crippen molar-refractivity contribution >= 4 is 5.91 Å². The Kier molecular flexibility index (Phi) is 2.48. The number of halogens is 1. The van der Waals surface area contributed by atoms with Gasteiger partial charge in [0, 0.05) is 6.04 Å². The number of carbonyl (C=O) groups is 1. The number of benzene rings is 1. The third kappa shape index (κ3) is 1.76. The average Bonchev–Trinajstić information content (AvgIpc) is 2.12. The minimum Gasteiger partial charge on any atom is -0.349 e. The lowest BCUT2D eigenvalue weighted by atomic mass is 9.93. The Morgan fingerprint density at radius 3 is 2.64 bits per heavy atom. The van der Waals surface area contributed by atoms with E-state index >= 15 is 0 Å². The van der Waals surface area contributed by atoms with Crippen molar-refractivity contribution in [2.75, 3.05) is 0 Å². The first-order valence-electron chi connectivity index (χ1n) is 4.83. The summed E-state index contributed by atoms with van der Waals surface area (Å²) in [5.74, 6) is -0.753. The molecule has 0 saturated heterocycles. The van der Waals surface area contributed by atoms with E-state index in [-0.39, 0.29) is 17.5 Å². The molecule has 0 atom stereocenters. The van der Waals surface area contributed by atoms with Crippen LogP contribution in [0.15, 0.2) is 24.3 Å². The highest BCUT2D eigenvalue weighted by molar-refractivity contribution is 5.94. The smallest absolute Gasteiger partial charge is 0.254 e. The molecule has 1 amide bonds. The summed E-state index contributed by atoms with van der Waals surface area (Å²) in [7, 11) is 0.